The maximum Gasteiger partial charge on any atom is 0.334 e. The van der Waals surface area contributed by atoms with Gasteiger partial charge in [-0.15, -0.1) is 0 Å². The van der Waals surface area contributed by atoms with Crippen molar-refractivity contribution in [3.63, 3.8) is 0 Å². The molecule has 0 amide bonds. The predicted octanol–water partition coefficient (Wildman–Crippen LogP) is 7.69. The molecule has 1 aromatic rings. The Hall–Kier alpha value is -1.42. The number of ketones is 1. The Kier molecular flexibility index (Phi) is 9.38. The molecule has 1 unspecified atom stereocenters. The van der Waals surface area contributed by atoms with Gasteiger partial charge in [-0.25, -0.2) is 0 Å². The van der Waals surface area contributed by atoms with Crippen molar-refractivity contribution in [2.24, 2.45) is 0 Å². The van der Waals surface area contributed by atoms with Crippen molar-refractivity contribution in [3.8, 4) is 5.75 Å². The summed E-state index contributed by atoms with van der Waals surface area (Å²) in [7, 11) is -1.82. The lowest BCUT2D eigenvalue weighted by atomic mass is 9.78. The quantitative estimate of drug-likeness (QED) is 0.268. The number of rotatable bonds is 9. The first-order valence-electron chi connectivity index (χ1n) is 11.7. The first kappa shape index (κ1) is 29.6. The van der Waals surface area contributed by atoms with Gasteiger partial charge in [0.15, 0.2) is 5.78 Å². The van der Waals surface area contributed by atoms with Crippen LogP contribution in [0.1, 0.15) is 99.8 Å². The summed E-state index contributed by atoms with van der Waals surface area (Å²) in [5.41, 5.74) is 1.17. The van der Waals surface area contributed by atoms with Gasteiger partial charge in [-0.1, -0.05) is 61.5 Å². The molecular weight excluding hydrogens is 435 g/mol. The highest BCUT2D eigenvalue weighted by Gasteiger charge is 2.40. The highest BCUT2D eigenvalue weighted by Crippen LogP contribution is 2.56. The Morgan fingerprint density at radius 1 is 0.939 bits per heavy atom. The standard InChI is InChI=1S/C27H45O5P/c1-18(2)31-33(29,19(3)4)32-27(11,12)23(28)15-14-20-16-21(25(5,6)7)17-22(24(20)30-13)26(8,9)10/h14-19H,1-13H3. The lowest BCUT2D eigenvalue weighted by Crippen LogP contribution is -2.34. The molecule has 188 valence electrons. The van der Waals surface area contributed by atoms with Crippen LogP contribution in [0.3, 0.4) is 0 Å². The summed E-state index contributed by atoms with van der Waals surface area (Å²) in [4.78, 5) is 13.2. The highest BCUT2D eigenvalue weighted by molar-refractivity contribution is 7.54. The van der Waals surface area contributed by atoms with Crippen LogP contribution in [0.25, 0.3) is 6.08 Å². The van der Waals surface area contributed by atoms with Gasteiger partial charge in [-0.3, -0.25) is 13.9 Å². The Morgan fingerprint density at radius 2 is 1.48 bits per heavy atom. The molecule has 0 spiro atoms. The molecule has 0 saturated heterocycles. The Labute approximate surface area is 201 Å². The lowest BCUT2D eigenvalue weighted by molar-refractivity contribution is -0.127. The van der Waals surface area contributed by atoms with Crippen LogP contribution in [-0.2, 0) is 29.2 Å². The fourth-order valence-corrected chi connectivity index (χ4v) is 5.08. The van der Waals surface area contributed by atoms with Gasteiger partial charge in [0.2, 0.25) is 0 Å². The summed E-state index contributed by atoms with van der Waals surface area (Å²) in [5, 5.41) is 0. The van der Waals surface area contributed by atoms with Crippen molar-refractivity contribution in [1.82, 2.24) is 0 Å². The van der Waals surface area contributed by atoms with Crippen LogP contribution in [0.4, 0.5) is 0 Å². The molecule has 1 aromatic carbocycles. The minimum atomic E-state index is -3.47. The van der Waals surface area contributed by atoms with E-state index in [1.165, 1.54) is 6.08 Å². The van der Waals surface area contributed by atoms with Crippen LogP contribution >= 0.6 is 7.60 Å². The van der Waals surface area contributed by atoms with E-state index in [9.17, 15) is 9.36 Å². The summed E-state index contributed by atoms with van der Waals surface area (Å²) in [5.74, 6) is 0.450. The summed E-state index contributed by atoms with van der Waals surface area (Å²) in [6.45, 7) is 23.3. The van der Waals surface area contributed by atoms with Crippen LogP contribution in [0.15, 0.2) is 18.2 Å². The summed E-state index contributed by atoms with van der Waals surface area (Å²) >= 11 is 0. The number of hydrogen-bond donors (Lipinski definition) is 0. The van der Waals surface area contributed by atoms with Crippen molar-refractivity contribution in [3.05, 3.63) is 34.9 Å². The number of carbonyl (C=O) groups is 1. The van der Waals surface area contributed by atoms with Gasteiger partial charge in [0.05, 0.1) is 18.9 Å². The van der Waals surface area contributed by atoms with Crippen LogP contribution < -0.4 is 4.74 Å². The number of methoxy groups -OCH3 is 1. The van der Waals surface area contributed by atoms with Crippen LogP contribution in [0, 0.1) is 0 Å². The van der Waals surface area contributed by atoms with Gasteiger partial charge in [-0.2, -0.15) is 0 Å². The zero-order valence-corrected chi connectivity index (χ0v) is 23.8. The molecule has 0 radical (unpaired) electrons. The molecule has 5 nitrogen and oxygen atoms in total. The third-order valence-electron chi connectivity index (χ3n) is 5.35. The molecule has 0 aromatic heterocycles. The second-order valence-corrected chi connectivity index (χ2v) is 14.2. The van der Waals surface area contributed by atoms with Gasteiger partial charge >= 0.3 is 7.60 Å². The monoisotopic (exact) mass is 480 g/mol. The molecule has 0 bridgehead atoms. The minimum Gasteiger partial charge on any atom is -0.496 e. The minimum absolute atomic E-state index is 0.0701. The molecule has 6 heteroatoms. The number of carbonyl (C=O) groups excluding carboxylic acids is 1. The van der Waals surface area contributed by atoms with Crippen molar-refractivity contribution in [2.45, 2.75) is 111 Å². The van der Waals surface area contributed by atoms with E-state index in [1.54, 1.807) is 54.7 Å². The third kappa shape index (κ3) is 7.80. The van der Waals surface area contributed by atoms with E-state index >= 15 is 0 Å². The van der Waals surface area contributed by atoms with Gasteiger partial charge < -0.3 is 9.26 Å². The average Bonchev–Trinajstić information content (AvgIpc) is 2.62. The molecule has 1 rings (SSSR count). The predicted molar refractivity (Wildman–Crippen MR) is 139 cm³/mol. The zero-order chi connectivity index (χ0) is 26.0. The van der Waals surface area contributed by atoms with E-state index in [4.69, 9.17) is 13.8 Å². The fourth-order valence-electron chi connectivity index (χ4n) is 3.26. The first-order valence-corrected chi connectivity index (χ1v) is 13.3. The molecule has 0 N–H and O–H groups in total. The molecule has 0 saturated carbocycles. The Balaban J connectivity index is 3.45. The topological polar surface area (TPSA) is 61.8 Å². The van der Waals surface area contributed by atoms with Gasteiger partial charge in [0.1, 0.15) is 11.4 Å². The molecule has 1 atom stereocenters. The number of ether oxygens (including phenoxy) is 1. The second-order valence-electron chi connectivity index (χ2n) is 11.7. The molecule has 0 heterocycles. The zero-order valence-electron chi connectivity index (χ0n) is 23.0. The van der Waals surface area contributed by atoms with Crippen molar-refractivity contribution in [2.75, 3.05) is 7.11 Å². The Bertz CT molecular complexity index is 912. The summed E-state index contributed by atoms with van der Waals surface area (Å²) in [6, 6.07) is 4.25. The third-order valence-corrected chi connectivity index (χ3v) is 8.04. The SMILES string of the molecule is COc1c(C=CC(=O)C(C)(C)OP(=O)(OC(C)C)C(C)C)cc(C(C)(C)C)cc1C(C)(C)C. The molecular formula is C27H45O5P. The van der Waals surface area contributed by atoms with E-state index in [2.05, 4.69) is 53.7 Å². The van der Waals surface area contributed by atoms with E-state index in [0.29, 0.717) is 0 Å². The number of benzene rings is 1. The van der Waals surface area contributed by atoms with Crippen LogP contribution in [0.5, 0.6) is 5.75 Å². The van der Waals surface area contributed by atoms with Crippen LogP contribution in [0.2, 0.25) is 0 Å². The first-order chi connectivity index (χ1) is 14.7. The van der Waals surface area contributed by atoms with E-state index in [1.807, 2.05) is 0 Å². The molecule has 0 aliphatic carbocycles. The largest absolute Gasteiger partial charge is 0.496 e. The van der Waals surface area contributed by atoms with Crippen LogP contribution in [-0.4, -0.2) is 30.3 Å². The van der Waals surface area contributed by atoms with Crippen molar-refractivity contribution < 1.29 is 23.1 Å². The average molecular weight is 481 g/mol. The maximum atomic E-state index is 13.3. The summed E-state index contributed by atoms with van der Waals surface area (Å²) in [6.07, 6.45) is 2.97. The molecule has 0 aliphatic heterocycles. The van der Waals surface area contributed by atoms with E-state index < -0.39 is 13.2 Å². The fraction of sp³-hybridized carbons (Fsp3) is 0.667. The maximum absolute atomic E-state index is 13.3. The molecule has 0 aliphatic rings. The summed E-state index contributed by atoms with van der Waals surface area (Å²) < 4.78 is 30.6. The smallest absolute Gasteiger partial charge is 0.334 e. The van der Waals surface area contributed by atoms with Gasteiger partial charge in [0, 0.05) is 11.1 Å². The second kappa shape index (κ2) is 10.5. The van der Waals surface area contributed by atoms with E-state index in [-0.39, 0.29) is 28.4 Å². The normalized spacial score (nSPS) is 15.4. The van der Waals surface area contributed by atoms with Crippen molar-refractivity contribution in [1.29, 1.82) is 0 Å². The number of hydrogen-bond acceptors (Lipinski definition) is 5. The molecule has 33 heavy (non-hydrogen) atoms. The molecule has 0 fully saturated rings. The van der Waals surface area contributed by atoms with Gasteiger partial charge in [-0.05, 0) is 62.3 Å². The van der Waals surface area contributed by atoms with E-state index in [0.717, 1.165) is 22.4 Å². The van der Waals surface area contributed by atoms with Crippen molar-refractivity contribution >= 4 is 19.5 Å². The lowest BCUT2D eigenvalue weighted by Gasteiger charge is -2.31. The Morgan fingerprint density at radius 3 is 1.88 bits per heavy atom. The highest BCUT2D eigenvalue weighted by atomic mass is 31.2. The van der Waals surface area contributed by atoms with Gasteiger partial charge in [0.25, 0.3) is 0 Å².